The zero-order valence-corrected chi connectivity index (χ0v) is 11.1. The Morgan fingerprint density at radius 3 is 2.83 bits per heavy atom. The molecule has 0 saturated carbocycles. The Kier molecular flexibility index (Phi) is 4.22. The zero-order chi connectivity index (χ0) is 13.1. The van der Waals surface area contributed by atoms with Crippen LogP contribution in [0.4, 0.5) is 0 Å². The predicted octanol–water partition coefficient (Wildman–Crippen LogP) is 0.195. The average Bonchev–Trinajstić information content (AvgIpc) is 2.75. The summed E-state index contributed by atoms with van der Waals surface area (Å²) < 4.78 is 0. The lowest BCUT2D eigenvalue weighted by molar-refractivity contribution is -0.141. The molecule has 102 valence electrons. The molecule has 0 aromatic heterocycles. The molecule has 0 spiro atoms. The lowest BCUT2D eigenvalue weighted by Gasteiger charge is -2.38. The van der Waals surface area contributed by atoms with E-state index in [1.807, 2.05) is 4.90 Å². The average molecular weight is 253 g/mol. The largest absolute Gasteiger partial charge is 0.338 e. The van der Waals surface area contributed by atoms with Gasteiger partial charge in [-0.25, -0.2) is 0 Å². The van der Waals surface area contributed by atoms with Gasteiger partial charge in [0.2, 0.25) is 11.8 Å². The fourth-order valence-electron chi connectivity index (χ4n) is 2.85. The van der Waals surface area contributed by atoms with Crippen LogP contribution in [0.15, 0.2) is 0 Å². The summed E-state index contributed by atoms with van der Waals surface area (Å²) in [6.45, 7) is 4.45. The van der Waals surface area contributed by atoms with Crippen LogP contribution in [0.2, 0.25) is 0 Å². The summed E-state index contributed by atoms with van der Waals surface area (Å²) >= 11 is 0. The molecule has 0 aromatic rings. The van der Waals surface area contributed by atoms with Crippen molar-refractivity contribution in [1.29, 1.82) is 0 Å². The summed E-state index contributed by atoms with van der Waals surface area (Å²) in [6, 6.07) is 0.276. The number of carbonyl (C=O) groups is 2. The second kappa shape index (κ2) is 5.69. The Labute approximate surface area is 108 Å². The summed E-state index contributed by atoms with van der Waals surface area (Å²) in [7, 11) is 0. The number of nitrogens with two attached hydrogens (primary N) is 1. The molecular formula is C13H23N3O2. The van der Waals surface area contributed by atoms with Crippen LogP contribution in [0.3, 0.4) is 0 Å². The van der Waals surface area contributed by atoms with Crippen molar-refractivity contribution in [3.05, 3.63) is 0 Å². The van der Waals surface area contributed by atoms with Crippen LogP contribution in [0, 0.1) is 5.92 Å². The topological polar surface area (TPSA) is 66.6 Å². The van der Waals surface area contributed by atoms with E-state index in [1.54, 1.807) is 4.90 Å². The first kappa shape index (κ1) is 13.3. The molecule has 0 radical (unpaired) electrons. The van der Waals surface area contributed by atoms with E-state index in [1.165, 1.54) is 0 Å². The maximum absolute atomic E-state index is 12.3. The SMILES string of the molecule is CC1CCC(CN)CN1C(=O)CN1CCCC1=O. The second-order valence-corrected chi connectivity index (χ2v) is 5.49. The molecule has 2 unspecified atom stereocenters. The third kappa shape index (κ3) is 2.83. The van der Waals surface area contributed by atoms with Crippen molar-refractivity contribution in [3.8, 4) is 0 Å². The molecule has 2 amide bonds. The number of amides is 2. The second-order valence-electron chi connectivity index (χ2n) is 5.49. The van der Waals surface area contributed by atoms with E-state index in [0.717, 1.165) is 32.4 Å². The number of piperidine rings is 1. The van der Waals surface area contributed by atoms with Crippen LogP contribution in [-0.4, -0.2) is 53.8 Å². The number of nitrogens with zero attached hydrogens (tertiary/aromatic N) is 2. The van der Waals surface area contributed by atoms with Crippen LogP contribution in [0.1, 0.15) is 32.6 Å². The monoisotopic (exact) mass is 253 g/mol. The van der Waals surface area contributed by atoms with Gasteiger partial charge in [-0.05, 0) is 38.6 Å². The van der Waals surface area contributed by atoms with Crippen molar-refractivity contribution in [1.82, 2.24) is 9.80 Å². The highest BCUT2D eigenvalue weighted by Crippen LogP contribution is 2.21. The molecule has 2 heterocycles. The van der Waals surface area contributed by atoms with Crippen molar-refractivity contribution >= 4 is 11.8 Å². The summed E-state index contributed by atoms with van der Waals surface area (Å²) in [6.07, 6.45) is 3.59. The molecule has 2 atom stereocenters. The van der Waals surface area contributed by atoms with E-state index in [-0.39, 0.29) is 24.4 Å². The molecule has 2 saturated heterocycles. The zero-order valence-electron chi connectivity index (χ0n) is 11.1. The fourth-order valence-corrected chi connectivity index (χ4v) is 2.85. The van der Waals surface area contributed by atoms with Gasteiger partial charge in [-0.1, -0.05) is 0 Å². The van der Waals surface area contributed by atoms with Gasteiger partial charge in [-0.3, -0.25) is 9.59 Å². The van der Waals surface area contributed by atoms with Gasteiger partial charge in [0.05, 0.1) is 6.54 Å². The molecule has 0 aliphatic carbocycles. The molecule has 2 fully saturated rings. The third-order valence-electron chi connectivity index (χ3n) is 4.13. The molecule has 5 heteroatoms. The number of hydrogen-bond acceptors (Lipinski definition) is 3. The Hall–Kier alpha value is -1.10. The fraction of sp³-hybridized carbons (Fsp3) is 0.846. The molecule has 2 aliphatic heterocycles. The summed E-state index contributed by atoms with van der Waals surface area (Å²) in [5.41, 5.74) is 5.69. The van der Waals surface area contributed by atoms with E-state index in [2.05, 4.69) is 6.92 Å². The van der Waals surface area contributed by atoms with Crippen molar-refractivity contribution in [2.75, 3.05) is 26.2 Å². The quantitative estimate of drug-likeness (QED) is 0.781. The van der Waals surface area contributed by atoms with Gasteiger partial charge >= 0.3 is 0 Å². The minimum absolute atomic E-state index is 0.0795. The first-order valence-electron chi connectivity index (χ1n) is 6.89. The van der Waals surface area contributed by atoms with Gasteiger partial charge < -0.3 is 15.5 Å². The van der Waals surface area contributed by atoms with E-state index < -0.39 is 0 Å². The van der Waals surface area contributed by atoms with Gasteiger partial charge in [-0.15, -0.1) is 0 Å². The Bertz CT molecular complexity index is 332. The van der Waals surface area contributed by atoms with Crippen molar-refractivity contribution in [2.45, 2.75) is 38.6 Å². The van der Waals surface area contributed by atoms with Crippen molar-refractivity contribution in [2.24, 2.45) is 11.7 Å². The maximum atomic E-state index is 12.3. The first-order valence-corrected chi connectivity index (χ1v) is 6.89. The smallest absolute Gasteiger partial charge is 0.242 e. The molecule has 2 aliphatic rings. The number of hydrogen-bond donors (Lipinski definition) is 1. The Morgan fingerprint density at radius 1 is 1.44 bits per heavy atom. The van der Waals surface area contributed by atoms with Gasteiger partial charge in [0.1, 0.15) is 0 Å². The molecule has 0 bridgehead atoms. The van der Waals surface area contributed by atoms with Crippen LogP contribution in [-0.2, 0) is 9.59 Å². The molecule has 2 N–H and O–H groups in total. The molecule has 0 aromatic carbocycles. The number of carbonyl (C=O) groups excluding carboxylic acids is 2. The molecule has 2 rings (SSSR count). The van der Waals surface area contributed by atoms with Crippen LogP contribution < -0.4 is 5.73 Å². The minimum atomic E-state index is 0.0795. The Morgan fingerprint density at radius 2 is 2.22 bits per heavy atom. The van der Waals surface area contributed by atoms with Crippen LogP contribution in [0.5, 0.6) is 0 Å². The van der Waals surface area contributed by atoms with Gasteiger partial charge in [0.15, 0.2) is 0 Å². The van der Waals surface area contributed by atoms with Crippen LogP contribution in [0.25, 0.3) is 0 Å². The highest BCUT2D eigenvalue weighted by atomic mass is 16.2. The predicted molar refractivity (Wildman–Crippen MR) is 68.8 cm³/mol. The maximum Gasteiger partial charge on any atom is 0.242 e. The highest BCUT2D eigenvalue weighted by molar-refractivity contribution is 5.86. The van der Waals surface area contributed by atoms with Gasteiger partial charge in [0, 0.05) is 25.6 Å². The van der Waals surface area contributed by atoms with Gasteiger partial charge in [0.25, 0.3) is 0 Å². The highest BCUT2D eigenvalue weighted by Gasteiger charge is 2.31. The molecular weight excluding hydrogens is 230 g/mol. The summed E-state index contributed by atoms with van der Waals surface area (Å²) in [5.74, 6) is 0.610. The molecule has 5 nitrogen and oxygen atoms in total. The number of likely N-dealkylation sites (tertiary alicyclic amines) is 2. The van der Waals surface area contributed by atoms with E-state index in [0.29, 0.717) is 18.9 Å². The Balaban J connectivity index is 1.92. The van der Waals surface area contributed by atoms with E-state index in [4.69, 9.17) is 5.73 Å². The lowest BCUT2D eigenvalue weighted by atomic mass is 9.93. The first-order chi connectivity index (χ1) is 8.61. The number of rotatable bonds is 3. The summed E-state index contributed by atoms with van der Waals surface area (Å²) in [5, 5.41) is 0. The van der Waals surface area contributed by atoms with Gasteiger partial charge in [-0.2, -0.15) is 0 Å². The van der Waals surface area contributed by atoms with E-state index >= 15 is 0 Å². The minimum Gasteiger partial charge on any atom is -0.338 e. The molecule has 18 heavy (non-hydrogen) atoms. The summed E-state index contributed by atoms with van der Waals surface area (Å²) in [4.78, 5) is 27.4. The lowest BCUT2D eigenvalue weighted by Crippen LogP contribution is -2.50. The normalized spacial score (nSPS) is 28.9. The third-order valence-corrected chi connectivity index (χ3v) is 4.13. The standard InChI is InChI=1S/C13H23N3O2/c1-10-4-5-11(7-14)8-16(10)13(18)9-15-6-2-3-12(15)17/h10-11H,2-9,14H2,1H3. The van der Waals surface area contributed by atoms with E-state index in [9.17, 15) is 9.59 Å². The van der Waals surface area contributed by atoms with Crippen molar-refractivity contribution < 1.29 is 9.59 Å². The van der Waals surface area contributed by atoms with Crippen molar-refractivity contribution in [3.63, 3.8) is 0 Å². The van der Waals surface area contributed by atoms with Crippen LogP contribution >= 0.6 is 0 Å².